The summed E-state index contributed by atoms with van der Waals surface area (Å²) < 4.78 is 0. The molecule has 0 bridgehead atoms. The summed E-state index contributed by atoms with van der Waals surface area (Å²) in [7, 11) is 0. The Hall–Kier alpha value is -7.03. The van der Waals surface area contributed by atoms with E-state index in [0.29, 0.717) is 0 Å². The molecule has 0 radical (unpaired) electrons. The largest absolute Gasteiger partial charge is 0.295 e. The highest BCUT2D eigenvalue weighted by atomic mass is 15.2. The average molecular weight is 689 g/mol. The standard InChI is InChI=1S/C52H36N2/c1-5-19-37(20-6-1)43-28-14-15-29-44(43)47-35-38-21-13-18-32-50(38)53-51(47)54(41-26-11-4-12-27-41)42-33-34-46-45-30-16-17-31-48(45)52(49(46)36-42,39-22-7-2-8-23-39)40-24-9-3-10-25-40/h1-36H. The number of nitrogens with zero attached hydrogens (tertiary/aromatic N) is 2. The molecule has 0 saturated carbocycles. The molecule has 0 spiro atoms. The van der Waals surface area contributed by atoms with Crippen molar-refractivity contribution in [1.82, 2.24) is 4.98 Å². The first-order valence-corrected chi connectivity index (χ1v) is 18.6. The fraction of sp³-hybridized carbons (Fsp3) is 0.0192. The zero-order valence-corrected chi connectivity index (χ0v) is 29.7. The molecule has 1 heterocycles. The van der Waals surface area contributed by atoms with Crippen molar-refractivity contribution in [3.05, 3.63) is 241 Å². The number of hydrogen-bond donors (Lipinski definition) is 0. The van der Waals surface area contributed by atoms with E-state index in [9.17, 15) is 0 Å². The first-order chi connectivity index (χ1) is 26.8. The molecule has 2 nitrogen and oxygen atoms in total. The van der Waals surface area contributed by atoms with E-state index in [-0.39, 0.29) is 0 Å². The normalized spacial score (nSPS) is 12.6. The molecule has 1 aliphatic carbocycles. The van der Waals surface area contributed by atoms with E-state index < -0.39 is 5.41 Å². The van der Waals surface area contributed by atoms with Gasteiger partial charge in [0.2, 0.25) is 0 Å². The van der Waals surface area contributed by atoms with Crippen molar-refractivity contribution >= 4 is 28.1 Å². The van der Waals surface area contributed by atoms with Crippen LogP contribution in [0.15, 0.2) is 218 Å². The Kier molecular flexibility index (Phi) is 7.74. The van der Waals surface area contributed by atoms with Gasteiger partial charge in [0.15, 0.2) is 0 Å². The lowest BCUT2D eigenvalue weighted by Crippen LogP contribution is -2.28. The second kappa shape index (κ2) is 13.2. The van der Waals surface area contributed by atoms with Crippen molar-refractivity contribution in [3.63, 3.8) is 0 Å². The molecule has 1 aliphatic rings. The molecule has 0 fully saturated rings. The van der Waals surface area contributed by atoms with Gasteiger partial charge < -0.3 is 0 Å². The summed E-state index contributed by atoms with van der Waals surface area (Å²) >= 11 is 0. The third kappa shape index (κ3) is 5.07. The van der Waals surface area contributed by atoms with Crippen LogP contribution in [0.5, 0.6) is 0 Å². The van der Waals surface area contributed by atoms with Gasteiger partial charge >= 0.3 is 0 Å². The van der Waals surface area contributed by atoms with Gasteiger partial charge in [-0.05, 0) is 86.5 Å². The molecule has 0 aliphatic heterocycles. The Morgan fingerprint density at radius 3 is 1.59 bits per heavy atom. The van der Waals surface area contributed by atoms with Crippen LogP contribution in [0.1, 0.15) is 22.3 Å². The Morgan fingerprint density at radius 1 is 0.352 bits per heavy atom. The van der Waals surface area contributed by atoms with Crippen LogP contribution < -0.4 is 4.90 Å². The second-order valence-electron chi connectivity index (χ2n) is 13.9. The molecule has 0 unspecified atom stereocenters. The van der Waals surface area contributed by atoms with Crippen molar-refractivity contribution in [2.45, 2.75) is 5.41 Å². The van der Waals surface area contributed by atoms with Crippen molar-refractivity contribution in [2.24, 2.45) is 0 Å². The summed E-state index contributed by atoms with van der Waals surface area (Å²) in [4.78, 5) is 7.91. The van der Waals surface area contributed by atoms with Crippen LogP contribution in [0.25, 0.3) is 44.3 Å². The molecule has 0 amide bonds. The number of hydrogen-bond acceptors (Lipinski definition) is 2. The lowest BCUT2D eigenvalue weighted by molar-refractivity contribution is 0.768. The van der Waals surface area contributed by atoms with Gasteiger partial charge in [-0.15, -0.1) is 0 Å². The van der Waals surface area contributed by atoms with E-state index >= 15 is 0 Å². The number of pyridine rings is 1. The Balaban J connectivity index is 1.28. The van der Waals surface area contributed by atoms with Crippen LogP contribution in [0.2, 0.25) is 0 Å². The number of benzene rings is 8. The lowest BCUT2D eigenvalue weighted by Gasteiger charge is -2.35. The highest BCUT2D eigenvalue weighted by molar-refractivity contribution is 5.98. The Labute approximate surface area is 316 Å². The zero-order valence-electron chi connectivity index (χ0n) is 29.7. The minimum Gasteiger partial charge on any atom is -0.295 e. The molecule has 54 heavy (non-hydrogen) atoms. The second-order valence-corrected chi connectivity index (χ2v) is 13.9. The van der Waals surface area contributed by atoms with Crippen LogP contribution in [-0.4, -0.2) is 4.98 Å². The number of aromatic nitrogens is 1. The molecular weight excluding hydrogens is 653 g/mol. The van der Waals surface area contributed by atoms with E-state index in [2.05, 4.69) is 223 Å². The van der Waals surface area contributed by atoms with Crippen molar-refractivity contribution in [1.29, 1.82) is 0 Å². The lowest BCUT2D eigenvalue weighted by atomic mass is 9.67. The van der Waals surface area contributed by atoms with Crippen LogP contribution in [0.4, 0.5) is 17.2 Å². The van der Waals surface area contributed by atoms with Gasteiger partial charge in [0, 0.05) is 22.3 Å². The molecule has 254 valence electrons. The average Bonchev–Trinajstić information content (AvgIpc) is 3.55. The molecular formula is C52H36N2. The summed E-state index contributed by atoms with van der Waals surface area (Å²) in [6.45, 7) is 0. The highest BCUT2D eigenvalue weighted by Crippen LogP contribution is 2.57. The molecule has 0 atom stereocenters. The molecule has 2 heteroatoms. The molecule has 1 aromatic heterocycles. The van der Waals surface area contributed by atoms with Crippen molar-refractivity contribution in [3.8, 4) is 33.4 Å². The van der Waals surface area contributed by atoms with E-state index in [1.807, 2.05) is 0 Å². The van der Waals surface area contributed by atoms with Crippen LogP contribution in [-0.2, 0) is 5.41 Å². The Morgan fingerprint density at radius 2 is 0.889 bits per heavy atom. The molecule has 9 aromatic rings. The smallest absolute Gasteiger partial charge is 0.146 e. The number of rotatable bonds is 7. The van der Waals surface area contributed by atoms with Crippen LogP contribution >= 0.6 is 0 Å². The summed E-state index contributed by atoms with van der Waals surface area (Å²) in [5.74, 6) is 0.878. The van der Waals surface area contributed by atoms with Crippen LogP contribution in [0, 0.1) is 0 Å². The fourth-order valence-corrected chi connectivity index (χ4v) is 8.60. The monoisotopic (exact) mass is 688 g/mol. The van der Waals surface area contributed by atoms with Gasteiger partial charge in [-0.25, -0.2) is 4.98 Å². The van der Waals surface area contributed by atoms with E-state index in [1.54, 1.807) is 0 Å². The first-order valence-electron chi connectivity index (χ1n) is 18.6. The van der Waals surface area contributed by atoms with Gasteiger partial charge in [-0.3, -0.25) is 4.90 Å². The molecule has 8 aromatic carbocycles. The fourth-order valence-electron chi connectivity index (χ4n) is 8.60. The van der Waals surface area contributed by atoms with Crippen molar-refractivity contribution < 1.29 is 0 Å². The summed E-state index contributed by atoms with van der Waals surface area (Å²) in [5.41, 5.74) is 14.6. The molecule has 0 saturated heterocycles. The summed E-state index contributed by atoms with van der Waals surface area (Å²) in [5, 5.41) is 1.10. The van der Waals surface area contributed by atoms with Gasteiger partial charge in [0.05, 0.1) is 10.9 Å². The number of fused-ring (bicyclic) bond motifs is 4. The van der Waals surface area contributed by atoms with Gasteiger partial charge in [0.1, 0.15) is 5.82 Å². The number of anilines is 3. The minimum absolute atomic E-state index is 0.521. The van der Waals surface area contributed by atoms with Crippen molar-refractivity contribution in [2.75, 3.05) is 4.90 Å². The number of para-hydroxylation sites is 2. The predicted octanol–water partition coefficient (Wildman–Crippen LogP) is 13.4. The summed E-state index contributed by atoms with van der Waals surface area (Å²) in [6, 6.07) is 78.8. The SMILES string of the molecule is c1ccc(-c2ccccc2-c2cc3ccccc3nc2N(c2ccccc2)c2ccc3c(c2)C(c2ccccc2)(c2ccccc2)c2ccccc2-3)cc1. The predicted molar refractivity (Wildman–Crippen MR) is 225 cm³/mol. The quantitative estimate of drug-likeness (QED) is 0.166. The zero-order chi connectivity index (χ0) is 35.9. The van der Waals surface area contributed by atoms with Gasteiger partial charge in [-0.2, -0.15) is 0 Å². The van der Waals surface area contributed by atoms with E-state index in [1.165, 1.54) is 44.5 Å². The topological polar surface area (TPSA) is 16.1 Å². The summed E-state index contributed by atoms with van der Waals surface area (Å²) in [6.07, 6.45) is 0. The van der Waals surface area contributed by atoms with Crippen LogP contribution in [0.3, 0.4) is 0 Å². The first kappa shape index (κ1) is 31.7. The third-order valence-electron chi connectivity index (χ3n) is 10.9. The van der Waals surface area contributed by atoms with Gasteiger partial charge in [0.25, 0.3) is 0 Å². The third-order valence-corrected chi connectivity index (χ3v) is 10.9. The minimum atomic E-state index is -0.521. The van der Waals surface area contributed by atoms with E-state index in [4.69, 9.17) is 4.98 Å². The maximum Gasteiger partial charge on any atom is 0.146 e. The molecule has 0 N–H and O–H groups in total. The maximum atomic E-state index is 5.55. The van der Waals surface area contributed by atoms with E-state index in [0.717, 1.165) is 39.2 Å². The van der Waals surface area contributed by atoms with Gasteiger partial charge in [-0.1, -0.05) is 182 Å². The highest BCUT2D eigenvalue weighted by Gasteiger charge is 2.46. The Bertz CT molecular complexity index is 2720. The maximum absolute atomic E-state index is 5.55. The molecule has 10 rings (SSSR count).